The van der Waals surface area contributed by atoms with Crippen LogP contribution in [0.25, 0.3) is 0 Å². The topological polar surface area (TPSA) is 90.9 Å². The van der Waals surface area contributed by atoms with E-state index in [1.165, 1.54) is 11.8 Å². The van der Waals surface area contributed by atoms with Gasteiger partial charge in [-0.05, 0) is 5.56 Å². The van der Waals surface area contributed by atoms with Gasteiger partial charge in [0.2, 0.25) is 5.91 Å². The van der Waals surface area contributed by atoms with Crippen LogP contribution in [0, 0.1) is 0 Å². The molecule has 27 heavy (non-hydrogen) atoms. The molecule has 3 aromatic rings. The van der Waals surface area contributed by atoms with E-state index < -0.39 is 5.25 Å². The molecule has 1 atom stereocenters. The van der Waals surface area contributed by atoms with Crippen molar-refractivity contribution < 1.29 is 9.59 Å². The number of nitrogens with two attached hydrogens (primary N) is 1. The van der Waals surface area contributed by atoms with Crippen molar-refractivity contribution in [2.24, 2.45) is 12.8 Å². The molecule has 0 saturated carbocycles. The first-order valence-electron chi connectivity index (χ1n) is 8.53. The third kappa shape index (κ3) is 4.62. The van der Waals surface area contributed by atoms with E-state index in [4.69, 9.17) is 5.73 Å². The number of amides is 1. The van der Waals surface area contributed by atoms with Crippen molar-refractivity contribution in [3.63, 3.8) is 0 Å². The second-order valence-electron chi connectivity index (χ2n) is 6.06. The highest BCUT2D eigenvalue weighted by molar-refractivity contribution is 8.00. The lowest BCUT2D eigenvalue weighted by atomic mass is 10.0. The lowest BCUT2D eigenvalue weighted by Crippen LogP contribution is -2.13. The number of Topliss-reactive ketones (excluding diaryl/α,β-unsaturated/α-hetero) is 1. The summed E-state index contributed by atoms with van der Waals surface area (Å²) in [7, 11) is 1.83. The highest BCUT2D eigenvalue weighted by Gasteiger charge is 2.25. The summed E-state index contributed by atoms with van der Waals surface area (Å²) < 4.78 is 1.81. The Hall–Kier alpha value is -2.93. The maximum Gasteiger partial charge on any atom is 0.217 e. The summed E-state index contributed by atoms with van der Waals surface area (Å²) in [4.78, 5) is 24.2. The quantitative estimate of drug-likeness (QED) is 0.479. The maximum atomic E-state index is 13.1. The molecule has 7 heteroatoms. The third-order valence-corrected chi connectivity index (χ3v) is 5.43. The highest BCUT2D eigenvalue weighted by Crippen LogP contribution is 2.37. The zero-order valence-corrected chi connectivity index (χ0v) is 15.7. The molecule has 0 saturated heterocycles. The summed E-state index contributed by atoms with van der Waals surface area (Å²) in [5.41, 5.74) is 6.76. The average Bonchev–Trinajstić information content (AvgIpc) is 3.04. The molecule has 1 amide bonds. The van der Waals surface area contributed by atoms with Crippen LogP contribution < -0.4 is 5.73 Å². The number of hydrogen-bond donors (Lipinski definition) is 1. The number of rotatable bonds is 8. The van der Waals surface area contributed by atoms with E-state index >= 15 is 0 Å². The minimum atomic E-state index is -0.444. The molecule has 0 fully saturated rings. The number of carbonyl (C=O) groups is 2. The number of thioether (sulfide) groups is 1. The molecule has 0 aliphatic rings. The Labute approximate surface area is 161 Å². The molecule has 0 radical (unpaired) electrons. The van der Waals surface area contributed by atoms with Gasteiger partial charge in [-0.3, -0.25) is 9.59 Å². The zero-order valence-electron chi connectivity index (χ0n) is 14.9. The number of benzene rings is 2. The number of carbonyl (C=O) groups excluding carboxylic acids is 2. The molecule has 0 unspecified atom stereocenters. The molecule has 138 valence electrons. The fourth-order valence-corrected chi connectivity index (χ4v) is 3.76. The second-order valence-corrected chi connectivity index (χ2v) is 7.14. The number of hydrogen-bond acceptors (Lipinski definition) is 5. The molecule has 0 aliphatic heterocycles. The van der Waals surface area contributed by atoms with Crippen molar-refractivity contribution in [3.8, 4) is 0 Å². The van der Waals surface area contributed by atoms with Crippen molar-refractivity contribution >= 4 is 23.5 Å². The summed E-state index contributed by atoms with van der Waals surface area (Å²) in [5, 5.41) is 8.52. The second kappa shape index (κ2) is 8.64. The van der Waals surface area contributed by atoms with Crippen molar-refractivity contribution in [1.82, 2.24) is 14.8 Å². The van der Waals surface area contributed by atoms with E-state index in [1.54, 1.807) is 0 Å². The van der Waals surface area contributed by atoms with Crippen LogP contribution in [0.2, 0.25) is 0 Å². The summed E-state index contributed by atoms with van der Waals surface area (Å²) in [6.07, 6.45) is 0.629. The number of aryl methyl sites for hydroxylation is 1. The standard InChI is InChI=1S/C20H20N4O2S/c1-24-17(13-12-16(21)25)22-23-20(24)27-19(15-10-6-3-7-11-15)18(26)14-8-4-2-5-9-14/h2-11,19H,12-13H2,1H3,(H2,21,25)/t19-/m0/s1. The van der Waals surface area contributed by atoms with Gasteiger partial charge in [0.25, 0.3) is 0 Å². The van der Waals surface area contributed by atoms with Crippen LogP contribution in [0.15, 0.2) is 65.8 Å². The Morgan fingerprint density at radius 3 is 2.30 bits per heavy atom. The first-order chi connectivity index (χ1) is 13.1. The highest BCUT2D eigenvalue weighted by atomic mass is 32.2. The van der Waals surface area contributed by atoms with Crippen molar-refractivity contribution in [2.75, 3.05) is 0 Å². The number of aromatic nitrogens is 3. The minimum Gasteiger partial charge on any atom is -0.370 e. The Kier molecular flexibility index (Phi) is 6.03. The fraction of sp³-hybridized carbons (Fsp3) is 0.200. The monoisotopic (exact) mass is 380 g/mol. The maximum absolute atomic E-state index is 13.1. The predicted octanol–water partition coefficient (Wildman–Crippen LogP) is 2.95. The Bertz CT molecular complexity index is 926. The van der Waals surface area contributed by atoms with Gasteiger partial charge < -0.3 is 10.3 Å². The van der Waals surface area contributed by atoms with Crippen LogP contribution in [0.4, 0.5) is 0 Å². The summed E-state index contributed by atoms with van der Waals surface area (Å²) in [5.74, 6) is 0.289. The van der Waals surface area contributed by atoms with Crippen molar-refractivity contribution in [1.29, 1.82) is 0 Å². The van der Waals surface area contributed by atoms with Crippen molar-refractivity contribution in [3.05, 3.63) is 77.6 Å². The summed E-state index contributed by atoms with van der Waals surface area (Å²) >= 11 is 1.35. The summed E-state index contributed by atoms with van der Waals surface area (Å²) in [6, 6.07) is 18.8. The Balaban J connectivity index is 1.89. The van der Waals surface area contributed by atoms with Crippen LogP contribution >= 0.6 is 11.8 Å². The third-order valence-electron chi connectivity index (χ3n) is 4.14. The molecule has 3 rings (SSSR count). The van der Waals surface area contributed by atoms with Gasteiger partial charge in [-0.1, -0.05) is 72.4 Å². The predicted molar refractivity (Wildman–Crippen MR) is 104 cm³/mol. The first-order valence-corrected chi connectivity index (χ1v) is 9.41. The van der Waals surface area contributed by atoms with Gasteiger partial charge in [0.05, 0.1) is 0 Å². The molecule has 0 spiro atoms. The fourth-order valence-electron chi connectivity index (χ4n) is 2.66. The molecule has 0 aliphatic carbocycles. The largest absolute Gasteiger partial charge is 0.370 e. The van der Waals surface area contributed by atoms with E-state index in [1.807, 2.05) is 72.3 Å². The Morgan fingerprint density at radius 1 is 1.04 bits per heavy atom. The molecule has 0 bridgehead atoms. The SMILES string of the molecule is Cn1c(CCC(N)=O)nnc1S[C@H](C(=O)c1ccccc1)c1ccccc1. The van der Waals surface area contributed by atoms with Crippen LogP contribution in [-0.2, 0) is 18.3 Å². The van der Waals surface area contributed by atoms with Crippen LogP contribution in [0.1, 0.15) is 33.4 Å². The Morgan fingerprint density at radius 2 is 1.67 bits per heavy atom. The van der Waals surface area contributed by atoms with E-state index in [9.17, 15) is 9.59 Å². The molecule has 2 N–H and O–H groups in total. The van der Waals surface area contributed by atoms with E-state index in [2.05, 4.69) is 10.2 Å². The lowest BCUT2D eigenvalue weighted by Gasteiger charge is -2.15. The van der Waals surface area contributed by atoms with E-state index in [-0.39, 0.29) is 18.1 Å². The molecule has 1 heterocycles. The number of nitrogens with zero attached hydrogens (tertiary/aromatic N) is 3. The normalized spacial score (nSPS) is 11.9. The zero-order chi connectivity index (χ0) is 19.2. The molecular formula is C20H20N4O2S. The summed E-state index contributed by atoms with van der Waals surface area (Å²) in [6.45, 7) is 0. The average molecular weight is 380 g/mol. The number of ketones is 1. The van der Waals surface area contributed by atoms with Crippen LogP contribution in [0.5, 0.6) is 0 Å². The van der Waals surface area contributed by atoms with Gasteiger partial charge >= 0.3 is 0 Å². The van der Waals surface area contributed by atoms with E-state index in [0.717, 1.165) is 5.56 Å². The van der Waals surface area contributed by atoms with Crippen LogP contribution in [-0.4, -0.2) is 26.5 Å². The van der Waals surface area contributed by atoms with Crippen molar-refractivity contribution in [2.45, 2.75) is 23.2 Å². The first kappa shape index (κ1) is 18.8. The lowest BCUT2D eigenvalue weighted by molar-refractivity contribution is -0.118. The van der Waals surface area contributed by atoms with Gasteiger partial charge in [0.1, 0.15) is 11.1 Å². The van der Waals surface area contributed by atoms with Crippen LogP contribution in [0.3, 0.4) is 0 Å². The van der Waals surface area contributed by atoms with Gasteiger partial charge in [0.15, 0.2) is 10.9 Å². The minimum absolute atomic E-state index is 0.00786. The van der Waals surface area contributed by atoms with Gasteiger partial charge in [0, 0.05) is 25.5 Å². The molecular weight excluding hydrogens is 360 g/mol. The molecule has 1 aromatic heterocycles. The molecule has 6 nitrogen and oxygen atoms in total. The smallest absolute Gasteiger partial charge is 0.217 e. The number of primary amides is 1. The molecule has 2 aromatic carbocycles. The van der Waals surface area contributed by atoms with Gasteiger partial charge in [-0.2, -0.15) is 0 Å². The van der Waals surface area contributed by atoms with Gasteiger partial charge in [-0.25, -0.2) is 0 Å². The van der Waals surface area contributed by atoms with Gasteiger partial charge in [-0.15, -0.1) is 10.2 Å². The van der Waals surface area contributed by atoms with E-state index in [0.29, 0.717) is 23.0 Å².